The lowest BCUT2D eigenvalue weighted by molar-refractivity contribution is -0.131. The topological polar surface area (TPSA) is 82.5 Å². The number of halogens is 1. The summed E-state index contributed by atoms with van der Waals surface area (Å²) in [5, 5.41) is 7.59. The lowest BCUT2D eigenvalue weighted by Gasteiger charge is -2.23. The third kappa shape index (κ3) is 6.31. The fourth-order valence-corrected chi connectivity index (χ4v) is 2.76. The van der Waals surface area contributed by atoms with Crippen LogP contribution in [0, 0.1) is 0 Å². The molecule has 0 bridgehead atoms. The number of piperidine rings is 1. The van der Waals surface area contributed by atoms with Crippen molar-refractivity contribution in [1.29, 1.82) is 0 Å². The Bertz CT molecular complexity index is 499. The van der Waals surface area contributed by atoms with Gasteiger partial charge >= 0.3 is 5.97 Å². The van der Waals surface area contributed by atoms with Crippen LogP contribution in [0.5, 0.6) is 0 Å². The predicted molar refractivity (Wildman–Crippen MR) is 89.3 cm³/mol. The van der Waals surface area contributed by atoms with Crippen LogP contribution in [0.1, 0.15) is 50.0 Å². The highest BCUT2D eigenvalue weighted by Gasteiger charge is 2.22. The second-order valence-electron chi connectivity index (χ2n) is 5.28. The maximum Gasteiger partial charge on any atom is 0.342 e. The highest BCUT2D eigenvalue weighted by Crippen LogP contribution is 2.26. The minimum atomic E-state index is -0.320. The number of nitrogens with one attached hydrogen (secondary N) is 1. The third-order valence-corrected chi connectivity index (χ3v) is 4.00. The Morgan fingerprint density at radius 2 is 2.17 bits per heavy atom. The van der Waals surface area contributed by atoms with Crippen molar-refractivity contribution in [2.24, 2.45) is 0 Å². The van der Waals surface area contributed by atoms with Crippen LogP contribution in [-0.4, -0.2) is 48.0 Å². The minimum absolute atomic E-state index is 0.0301. The Balaban J connectivity index is 0.000000379. The van der Waals surface area contributed by atoms with Crippen LogP contribution in [0.25, 0.3) is 0 Å². The average Bonchev–Trinajstić information content (AvgIpc) is 2.90. The summed E-state index contributed by atoms with van der Waals surface area (Å²) in [6.07, 6.45) is 3.66. The summed E-state index contributed by atoms with van der Waals surface area (Å²) >= 11 is 3.44. The Morgan fingerprint density at radius 1 is 1.52 bits per heavy atom. The van der Waals surface area contributed by atoms with Gasteiger partial charge in [-0.05, 0) is 62.6 Å². The van der Waals surface area contributed by atoms with Gasteiger partial charge in [0, 0.05) is 0 Å². The van der Waals surface area contributed by atoms with Crippen LogP contribution in [0.15, 0.2) is 10.8 Å². The van der Waals surface area contributed by atoms with Crippen LogP contribution in [0.4, 0.5) is 0 Å². The van der Waals surface area contributed by atoms with Crippen molar-refractivity contribution in [2.45, 2.75) is 45.8 Å². The lowest BCUT2D eigenvalue weighted by atomic mass is 10.1. The molecular formula is C15H24BrN3O4. The molecule has 23 heavy (non-hydrogen) atoms. The van der Waals surface area contributed by atoms with Gasteiger partial charge in [-0.2, -0.15) is 5.10 Å². The van der Waals surface area contributed by atoms with Crippen molar-refractivity contribution in [2.75, 3.05) is 19.7 Å². The average molecular weight is 390 g/mol. The zero-order valence-electron chi connectivity index (χ0n) is 13.8. The van der Waals surface area contributed by atoms with Gasteiger partial charge in [0.1, 0.15) is 10.2 Å². The van der Waals surface area contributed by atoms with E-state index in [2.05, 4.69) is 31.1 Å². The van der Waals surface area contributed by atoms with Crippen molar-refractivity contribution in [3.63, 3.8) is 0 Å². The van der Waals surface area contributed by atoms with Crippen molar-refractivity contribution in [3.8, 4) is 0 Å². The number of nitrogens with zero attached hydrogens (tertiary/aromatic N) is 2. The predicted octanol–water partition coefficient (Wildman–Crippen LogP) is 2.31. The number of hydrogen-bond acceptors (Lipinski definition) is 6. The van der Waals surface area contributed by atoms with Gasteiger partial charge in [-0.1, -0.05) is 0 Å². The third-order valence-electron chi connectivity index (χ3n) is 3.21. The van der Waals surface area contributed by atoms with Gasteiger partial charge in [0.15, 0.2) is 0 Å². The summed E-state index contributed by atoms with van der Waals surface area (Å²) in [6.45, 7) is 8.21. The summed E-state index contributed by atoms with van der Waals surface area (Å²) in [7, 11) is 0. The number of ether oxygens (including phenoxy) is 2. The number of carbonyl (C=O) groups excluding carboxylic acids is 2. The lowest BCUT2D eigenvalue weighted by Crippen LogP contribution is -2.30. The minimum Gasteiger partial charge on any atom is -0.465 e. The van der Waals surface area contributed by atoms with Crippen molar-refractivity contribution >= 4 is 28.4 Å². The second-order valence-corrected chi connectivity index (χ2v) is 6.03. The standard InChI is InChI=1S/C11H16BrN3O2.C4H8O2/c1-2-17-11(16)9-7-14-15(10(9)12)8-3-5-13-6-4-8;1-4(2)6-3-5/h7-8,13H,2-6H2,1H3;3-4H,1-2H3. The van der Waals surface area contributed by atoms with E-state index >= 15 is 0 Å². The molecule has 1 aliphatic heterocycles. The number of carbonyl (C=O) groups is 2. The monoisotopic (exact) mass is 389 g/mol. The van der Waals surface area contributed by atoms with Gasteiger partial charge in [0.25, 0.3) is 6.47 Å². The van der Waals surface area contributed by atoms with Crippen LogP contribution < -0.4 is 5.32 Å². The fourth-order valence-electron chi connectivity index (χ4n) is 2.11. The number of hydrogen-bond donors (Lipinski definition) is 1. The molecule has 1 saturated heterocycles. The fraction of sp³-hybridized carbons (Fsp3) is 0.667. The highest BCUT2D eigenvalue weighted by atomic mass is 79.9. The first-order chi connectivity index (χ1) is 11.0. The summed E-state index contributed by atoms with van der Waals surface area (Å²) in [6, 6.07) is 0.355. The molecule has 8 heteroatoms. The van der Waals surface area contributed by atoms with E-state index in [0.29, 0.717) is 24.7 Å². The zero-order chi connectivity index (χ0) is 17.2. The van der Waals surface area contributed by atoms with E-state index in [4.69, 9.17) is 4.74 Å². The first-order valence-electron chi connectivity index (χ1n) is 7.71. The molecule has 1 aromatic heterocycles. The van der Waals surface area contributed by atoms with Gasteiger partial charge in [-0.3, -0.25) is 9.48 Å². The van der Waals surface area contributed by atoms with Crippen molar-refractivity contribution < 1.29 is 19.1 Å². The molecule has 7 nitrogen and oxygen atoms in total. The summed E-state index contributed by atoms with van der Waals surface area (Å²) in [5.41, 5.74) is 0.505. The SMILES string of the molecule is CC(C)OC=O.CCOC(=O)c1cnn(C2CCNCC2)c1Br. The highest BCUT2D eigenvalue weighted by molar-refractivity contribution is 9.10. The van der Waals surface area contributed by atoms with E-state index < -0.39 is 0 Å². The van der Waals surface area contributed by atoms with E-state index in [1.807, 2.05) is 4.68 Å². The molecule has 0 saturated carbocycles. The van der Waals surface area contributed by atoms with Crippen LogP contribution in [-0.2, 0) is 14.3 Å². The van der Waals surface area contributed by atoms with Gasteiger partial charge in [-0.15, -0.1) is 0 Å². The van der Waals surface area contributed by atoms with Crippen LogP contribution >= 0.6 is 15.9 Å². The molecule has 0 atom stereocenters. The summed E-state index contributed by atoms with van der Waals surface area (Å²) in [4.78, 5) is 21.0. The first kappa shape index (κ1) is 19.6. The van der Waals surface area contributed by atoms with E-state index in [-0.39, 0.29) is 12.1 Å². The van der Waals surface area contributed by atoms with Crippen molar-refractivity contribution in [1.82, 2.24) is 15.1 Å². The van der Waals surface area contributed by atoms with E-state index in [0.717, 1.165) is 30.5 Å². The molecular weight excluding hydrogens is 366 g/mol. The Labute approximate surface area is 144 Å². The van der Waals surface area contributed by atoms with Gasteiger partial charge in [-0.25, -0.2) is 4.79 Å². The van der Waals surface area contributed by atoms with Crippen LogP contribution in [0.2, 0.25) is 0 Å². The maximum atomic E-state index is 11.6. The molecule has 0 aromatic carbocycles. The zero-order valence-corrected chi connectivity index (χ0v) is 15.3. The molecule has 1 N–H and O–H groups in total. The summed E-state index contributed by atoms with van der Waals surface area (Å²) in [5.74, 6) is -0.320. The maximum absolute atomic E-state index is 11.6. The Kier molecular flexibility index (Phi) is 8.86. The molecule has 1 aliphatic rings. The second kappa shape index (κ2) is 10.4. The van der Waals surface area contributed by atoms with E-state index in [9.17, 15) is 9.59 Å². The van der Waals surface area contributed by atoms with Gasteiger partial charge < -0.3 is 14.8 Å². The molecule has 130 valence electrons. The van der Waals surface area contributed by atoms with Crippen LogP contribution in [0.3, 0.4) is 0 Å². The molecule has 2 heterocycles. The quantitative estimate of drug-likeness (QED) is 0.614. The smallest absolute Gasteiger partial charge is 0.342 e. The van der Waals surface area contributed by atoms with E-state index in [1.165, 1.54) is 0 Å². The number of esters is 1. The number of rotatable bonds is 5. The number of aromatic nitrogens is 2. The largest absolute Gasteiger partial charge is 0.465 e. The van der Waals surface area contributed by atoms with Crippen molar-refractivity contribution in [3.05, 3.63) is 16.4 Å². The molecule has 1 aromatic rings. The first-order valence-corrected chi connectivity index (χ1v) is 8.50. The van der Waals surface area contributed by atoms with Gasteiger partial charge in [0.2, 0.25) is 0 Å². The molecule has 1 fully saturated rings. The molecule has 0 amide bonds. The molecule has 0 aliphatic carbocycles. The summed E-state index contributed by atoms with van der Waals surface area (Å²) < 4.78 is 11.9. The Hall–Kier alpha value is -1.41. The molecule has 0 radical (unpaired) electrons. The molecule has 0 unspecified atom stereocenters. The normalized spacial score (nSPS) is 14.8. The van der Waals surface area contributed by atoms with Gasteiger partial charge in [0.05, 0.1) is 24.9 Å². The van der Waals surface area contributed by atoms with E-state index in [1.54, 1.807) is 27.0 Å². The Morgan fingerprint density at radius 3 is 2.65 bits per heavy atom. The molecule has 0 spiro atoms. The molecule has 2 rings (SSSR count).